The molecule has 1 aromatic carbocycles. The number of hydrogen-bond donors (Lipinski definition) is 2. The van der Waals surface area contributed by atoms with Crippen LogP contribution < -0.4 is 15.2 Å². The van der Waals surface area contributed by atoms with Gasteiger partial charge in [-0.25, -0.2) is 13.6 Å². The molecule has 0 bridgehead atoms. The maximum Gasteiger partial charge on any atom is 0.251 e. The van der Waals surface area contributed by atoms with Crippen LogP contribution in [-0.4, -0.2) is 27.0 Å². The van der Waals surface area contributed by atoms with Crippen molar-refractivity contribution in [3.05, 3.63) is 22.2 Å². The molecule has 0 aliphatic heterocycles. The Morgan fingerprint density at radius 1 is 1.43 bits per heavy atom. The van der Waals surface area contributed by atoms with E-state index in [1.54, 1.807) is 0 Å². The van der Waals surface area contributed by atoms with Gasteiger partial charge in [0.1, 0.15) is 4.90 Å². The second-order valence-corrected chi connectivity index (χ2v) is 7.61. The smallest absolute Gasteiger partial charge is 0.251 e. The summed E-state index contributed by atoms with van der Waals surface area (Å²) in [5.41, 5.74) is -0.209. The molecule has 6 nitrogen and oxygen atoms in total. The van der Waals surface area contributed by atoms with Crippen molar-refractivity contribution in [2.75, 3.05) is 7.11 Å². The number of sulfonamides is 1. The number of halogens is 1. The van der Waals surface area contributed by atoms with Gasteiger partial charge < -0.3 is 10.1 Å². The summed E-state index contributed by atoms with van der Waals surface area (Å²) in [6.07, 6.45) is 0.734. The van der Waals surface area contributed by atoms with Gasteiger partial charge in [0.25, 0.3) is 5.91 Å². The third kappa shape index (κ3) is 4.42. The third-order valence-corrected chi connectivity index (χ3v) is 4.62. The second kappa shape index (κ2) is 6.33. The summed E-state index contributed by atoms with van der Waals surface area (Å²) < 4.78 is 28.6. The third-order valence-electron chi connectivity index (χ3n) is 3.12. The summed E-state index contributed by atoms with van der Waals surface area (Å²) >= 11 is 3.19. The van der Waals surface area contributed by atoms with Crippen molar-refractivity contribution in [2.45, 2.75) is 37.6 Å². The molecule has 0 aliphatic rings. The van der Waals surface area contributed by atoms with Gasteiger partial charge in [0.05, 0.1) is 11.6 Å². The normalized spacial score (nSPS) is 12.1. The fourth-order valence-corrected chi connectivity index (χ4v) is 3.07. The molecule has 8 heteroatoms. The first-order chi connectivity index (χ1) is 9.51. The van der Waals surface area contributed by atoms with Crippen LogP contribution in [0.25, 0.3) is 0 Å². The standard InChI is InChI=1S/C13H19BrN2O4S/c1-5-13(2,3)16-12(17)8-6-9(14)11(20-4)10(7-8)21(15,18)19/h6-7H,5H2,1-4H3,(H,16,17)(H2,15,18,19). The number of amides is 1. The molecule has 3 N–H and O–H groups in total. The van der Waals surface area contributed by atoms with Gasteiger partial charge in [-0.1, -0.05) is 6.92 Å². The second-order valence-electron chi connectivity index (χ2n) is 5.23. The van der Waals surface area contributed by atoms with Crippen LogP contribution in [0, 0.1) is 0 Å². The van der Waals surface area contributed by atoms with Crippen molar-refractivity contribution in [2.24, 2.45) is 5.14 Å². The van der Waals surface area contributed by atoms with Crippen molar-refractivity contribution in [1.29, 1.82) is 0 Å². The summed E-state index contributed by atoms with van der Waals surface area (Å²) in [6, 6.07) is 2.70. The van der Waals surface area contributed by atoms with E-state index in [9.17, 15) is 13.2 Å². The van der Waals surface area contributed by atoms with Crippen molar-refractivity contribution in [3.63, 3.8) is 0 Å². The van der Waals surface area contributed by atoms with E-state index in [0.717, 1.165) is 6.42 Å². The molecule has 0 fully saturated rings. The summed E-state index contributed by atoms with van der Waals surface area (Å²) in [4.78, 5) is 12.0. The molecule has 21 heavy (non-hydrogen) atoms. The van der Waals surface area contributed by atoms with E-state index in [0.29, 0.717) is 4.47 Å². The first kappa shape index (κ1) is 17.9. The Morgan fingerprint density at radius 3 is 2.43 bits per heavy atom. The van der Waals surface area contributed by atoms with Crippen LogP contribution in [0.2, 0.25) is 0 Å². The molecule has 0 radical (unpaired) electrons. The maximum absolute atomic E-state index is 12.2. The van der Waals surface area contributed by atoms with Crippen LogP contribution in [-0.2, 0) is 10.0 Å². The summed E-state index contributed by atoms with van der Waals surface area (Å²) in [6.45, 7) is 5.70. The van der Waals surface area contributed by atoms with Gasteiger partial charge in [-0.15, -0.1) is 0 Å². The number of primary sulfonamides is 1. The highest BCUT2D eigenvalue weighted by atomic mass is 79.9. The summed E-state index contributed by atoms with van der Waals surface area (Å²) in [7, 11) is -2.68. The zero-order valence-corrected chi connectivity index (χ0v) is 14.8. The molecule has 0 spiro atoms. The average Bonchev–Trinajstić information content (AvgIpc) is 2.36. The lowest BCUT2D eigenvalue weighted by atomic mass is 10.0. The van der Waals surface area contributed by atoms with Gasteiger partial charge in [0.2, 0.25) is 10.0 Å². The average molecular weight is 379 g/mol. The van der Waals surface area contributed by atoms with Crippen LogP contribution in [0.5, 0.6) is 5.75 Å². The summed E-state index contributed by atoms with van der Waals surface area (Å²) in [5.74, 6) is -0.307. The molecule has 1 rings (SSSR count). The summed E-state index contributed by atoms with van der Waals surface area (Å²) in [5, 5.41) is 7.99. The number of nitrogens with one attached hydrogen (secondary N) is 1. The quantitative estimate of drug-likeness (QED) is 0.818. The molecule has 118 valence electrons. The number of nitrogens with two attached hydrogens (primary N) is 1. The predicted octanol–water partition coefficient (Wildman–Crippen LogP) is 2.02. The minimum atomic E-state index is -4.01. The number of methoxy groups -OCH3 is 1. The molecular formula is C13H19BrN2O4S. The van der Waals surface area contributed by atoms with Gasteiger partial charge in [-0.3, -0.25) is 4.79 Å². The van der Waals surface area contributed by atoms with Gasteiger partial charge >= 0.3 is 0 Å². The van der Waals surface area contributed by atoms with Gasteiger partial charge in [-0.05, 0) is 48.3 Å². The topological polar surface area (TPSA) is 98.5 Å². The van der Waals surface area contributed by atoms with Gasteiger partial charge in [0.15, 0.2) is 5.75 Å². The van der Waals surface area contributed by atoms with E-state index in [2.05, 4.69) is 21.2 Å². The minimum absolute atomic E-state index is 0.0730. The van der Waals surface area contributed by atoms with Crippen LogP contribution in [0.3, 0.4) is 0 Å². The SMILES string of the molecule is CCC(C)(C)NC(=O)c1cc(Br)c(OC)c(S(N)(=O)=O)c1. The molecule has 0 aliphatic carbocycles. The zero-order valence-electron chi connectivity index (χ0n) is 12.4. The van der Waals surface area contributed by atoms with E-state index < -0.39 is 15.6 Å². The van der Waals surface area contributed by atoms with E-state index >= 15 is 0 Å². The largest absolute Gasteiger partial charge is 0.494 e. The van der Waals surface area contributed by atoms with Crippen molar-refractivity contribution >= 4 is 31.9 Å². The molecule has 1 amide bonds. The van der Waals surface area contributed by atoms with Crippen LogP contribution in [0.4, 0.5) is 0 Å². The number of ether oxygens (including phenoxy) is 1. The maximum atomic E-state index is 12.2. The first-order valence-corrected chi connectivity index (χ1v) is 8.58. The van der Waals surface area contributed by atoms with E-state index in [4.69, 9.17) is 9.88 Å². The minimum Gasteiger partial charge on any atom is -0.494 e. The molecule has 0 aromatic heterocycles. The molecule has 0 heterocycles. The molecule has 0 unspecified atom stereocenters. The monoisotopic (exact) mass is 378 g/mol. The fraction of sp³-hybridized carbons (Fsp3) is 0.462. The number of rotatable bonds is 5. The lowest BCUT2D eigenvalue weighted by Gasteiger charge is -2.24. The van der Waals surface area contributed by atoms with E-state index in [1.807, 2.05) is 20.8 Å². The van der Waals surface area contributed by atoms with Crippen LogP contribution in [0.1, 0.15) is 37.6 Å². The highest BCUT2D eigenvalue weighted by molar-refractivity contribution is 9.10. The number of carbonyl (C=O) groups excluding carboxylic acids is 1. The molecule has 0 saturated carbocycles. The number of hydrogen-bond acceptors (Lipinski definition) is 4. The van der Waals surface area contributed by atoms with E-state index in [-0.39, 0.29) is 22.1 Å². The molecule has 0 atom stereocenters. The Labute approximate surface area is 133 Å². The Kier molecular flexibility index (Phi) is 5.40. The first-order valence-electron chi connectivity index (χ1n) is 6.24. The van der Waals surface area contributed by atoms with Gasteiger partial charge in [0, 0.05) is 11.1 Å². The van der Waals surface area contributed by atoms with Crippen molar-refractivity contribution in [1.82, 2.24) is 5.32 Å². The van der Waals surface area contributed by atoms with Crippen molar-refractivity contribution < 1.29 is 17.9 Å². The van der Waals surface area contributed by atoms with E-state index in [1.165, 1.54) is 19.2 Å². The Bertz CT molecular complexity index is 656. The number of benzene rings is 1. The highest BCUT2D eigenvalue weighted by Crippen LogP contribution is 2.33. The van der Waals surface area contributed by atoms with Gasteiger partial charge in [-0.2, -0.15) is 0 Å². The lowest BCUT2D eigenvalue weighted by Crippen LogP contribution is -2.42. The fourth-order valence-electron chi connectivity index (χ4n) is 1.58. The highest BCUT2D eigenvalue weighted by Gasteiger charge is 2.24. The number of carbonyl (C=O) groups is 1. The Balaban J connectivity index is 3.35. The molecular weight excluding hydrogens is 360 g/mol. The Morgan fingerprint density at radius 2 is 2.00 bits per heavy atom. The Hall–Kier alpha value is -1.12. The zero-order chi connectivity index (χ0) is 16.4. The van der Waals surface area contributed by atoms with Crippen molar-refractivity contribution in [3.8, 4) is 5.75 Å². The van der Waals surface area contributed by atoms with Crippen LogP contribution in [0.15, 0.2) is 21.5 Å². The van der Waals surface area contributed by atoms with Crippen LogP contribution >= 0.6 is 15.9 Å². The predicted molar refractivity (Wildman–Crippen MR) is 83.9 cm³/mol. The molecule has 0 saturated heterocycles. The lowest BCUT2D eigenvalue weighted by molar-refractivity contribution is 0.0911. The molecule has 1 aromatic rings.